The molecule has 0 radical (unpaired) electrons. The fraction of sp³-hybridized carbons (Fsp3) is 0.571. The Hall–Kier alpha value is -1.32. The average molecular weight is 257 g/mol. The van der Waals surface area contributed by atoms with Gasteiger partial charge in [0.05, 0.1) is 12.3 Å². The predicted octanol–water partition coefficient (Wildman–Crippen LogP) is 4.29. The molecule has 0 heterocycles. The van der Waals surface area contributed by atoms with Gasteiger partial charge in [0.1, 0.15) is 5.82 Å². The topological polar surface area (TPSA) is 35.2 Å². The number of hydrogen-bond donors (Lipinski definition) is 1. The van der Waals surface area contributed by atoms with E-state index in [1.54, 1.807) is 0 Å². The molecule has 2 nitrogen and oxygen atoms in total. The zero-order chi connectivity index (χ0) is 13.4. The second kappa shape index (κ2) is 7.90. The van der Waals surface area contributed by atoms with Gasteiger partial charge in [0.2, 0.25) is 0 Å². The van der Waals surface area contributed by atoms with E-state index in [1.807, 2.05) is 0 Å². The number of halogens is 2. The molecule has 0 atom stereocenters. The molecule has 0 aliphatic rings. The lowest BCUT2D eigenvalue weighted by Crippen LogP contribution is -2.01. The van der Waals surface area contributed by atoms with Crippen molar-refractivity contribution in [2.75, 3.05) is 12.3 Å². The summed E-state index contributed by atoms with van der Waals surface area (Å²) >= 11 is 0. The quantitative estimate of drug-likeness (QED) is 0.557. The predicted molar refractivity (Wildman–Crippen MR) is 69.6 cm³/mol. The maximum Gasteiger partial charge on any atom is 0.167 e. The van der Waals surface area contributed by atoms with Crippen LogP contribution in [0.15, 0.2) is 12.1 Å². The standard InChI is InChI=1S/C14H21F2NO/c1-2-3-4-5-6-7-8-18-14-10-11(15)13(17)9-12(14)16/h9-10H,2-8,17H2,1H3. The molecular formula is C14H21F2NO. The molecule has 1 rings (SSSR count). The van der Waals surface area contributed by atoms with Crippen molar-refractivity contribution in [1.29, 1.82) is 0 Å². The van der Waals surface area contributed by atoms with Crippen molar-refractivity contribution in [1.82, 2.24) is 0 Å². The Bertz CT molecular complexity index is 369. The van der Waals surface area contributed by atoms with Crippen molar-refractivity contribution in [3.8, 4) is 5.75 Å². The highest BCUT2D eigenvalue weighted by atomic mass is 19.1. The molecular weight excluding hydrogens is 236 g/mol. The highest BCUT2D eigenvalue weighted by molar-refractivity contribution is 5.44. The van der Waals surface area contributed by atoms with Gasteiger partial charge in [-0.1, -0.05) is 39.0 Å². The molecule has 0 spiro atoms. The Morgan fingerprint density at radius 2 is 1.67 bits per heavy atom. The van der Waals surface area contributed by atoms with Gasteiger partial charge in [-0.3, -0.25) is 0 Å². The third kappa shape index (κ3) is 4.90. The van der Waals surface area contributed by atoms with Gasteiger partial charge in [-0.2, -0.15) is 0 Å². The van der Waals surface area contributed by atoms with Crippen LogP contribution in [0.5, 0.6) is 5.75 Å². The molecule has 0 amide bonds. The number of nitrogens with two attached hydrogens (primary N) is 1. The molecule has 0 unspecified atom stereocenters. The zero-order valence-electron chi connectivity index (χ0n) is 10.8. The van der Waals surface area contributed by atoms with Crippen molar-refractivity contribution >= 4 is 5.69 Å². The zero-order valence-corrected chi connectivity index (χ0v) is 10.8. The van der Waals surface area contributed by atoms with Crippen molar-refractivity contribution in [2.45, 2.75) is 45.4 Å². The summed E-state index contributed by atoms with van der Waals surface area (Å²) in [6, 6.07) is 1.95. The van der Waals surface area contributed by atoms with E-state index < -0.39 is 11.6 Å². The lowest BCUT2D eigenvalue weighted by molar-refractivity contribution is 0.288. The molecule has 102 valence electrons. The summed E-state index contributed by atoms with van der Waals surface area (Å²) in [5.41, 5.74) is 5.05. The molecule has 0 saturated heterocycles. The summed E-state index contributed by atoms with van der Waals surface area (Å²) in [7, 11) is 0. The summed E-state index contributed by atoms with van der Waals surface area (Å²) in [6.45, 7) is 2.58. The van der Waals surface area contributed by atoms with Gasteiger partial charge >= 0.3 is 0 Å². The van der Waals surface area contributed by atoms with Gasteiger partial charge in [0.25, 0.3) is 0 Å². The first-order valence-corrected chi connectivity index (χ1v) is 6.52. The largest absolute Gasteiger partial charge is 0.490 e. The van der Waals surface area contributed by atoms with Crippen molar-refractivity contribution < 1.29 is 13.5 Å². The molecule has 0 fully saturated rings. The van der Waals surface area contributed by atoms with Crippen LogP contribution < -0.4 is 10.5 Å². The number of hydrogen-bond acceptors (Lipinski definition) is 2. The summed E-state index contributed by atoms with van der Waals surface area (Å²) < 4.78 is 31.6. The molecule has 0 bridgehead atoms. The van der Waals surface area contributed by atoms with Gasteiger partial charge in [-0.05, 0) is 6.42 Å². The van der Waals surface area contributed by atoms with Crippen molar-refractivity contribution in [3.05, 3.63) is 23.8 Å². The molecule has 0 aromatic heterocycles. The van der Waals surface area contributed by atoms with Gasteiger partial charge in [-0.15, -0.1) is 0 Å². The number of ether oxygens (including phenoxy) is 1. The SMILES string of the molecule is CCCCCCCCOc1cc(F)c(N)cc1F. The van der Waals surface area contributed by atoms with Crippen LogP contribution in [-0.4, -0.2) is 6.61 Å². The Morgan fingerprint density at radius 3 is 2.39 bits per heavy atom. The van der Waals surface area contributed by atoms with Crippen LogP contribution in [0.4, 0.5) is 14.5 Å². The minimum Gasteiger partial charge on any atom is -0.490 e. The number of benzene rings is 1. The number of anilines is 1. The molecule has 1 aromatic rings. The molecule has 1 aromatic carbocycles. The summed E-state index contributed by atoms with van der Waals surface area (Å²) in [4.78, 5) is 0. The van der Waals surface area contributed by atoms with Crippen LogP contribution in [0.1, 0.15) is 45.4 Å². The third-order valence-corrected chi connectivity index (χ3v) is 2.81. The van der Waals surface area contributed by atoms with Gasteiger partial charge in [-0.25, -0.2) is 8.78 Å². The van der Waals surface area contributed by atoms with E-state index in [1.165, 1.54) is 19.3 Å². The van der Waals surface area contributed by atoms with Gasteiger partial charge < -0.3 is 10.5 Å². The van der Waals surface area contributed by atoms with E-state index in [0.717, 1.165) is 31.4 Å². The van der Waals surface area contributed by atoms with E-state index in [2.05, 4.69) is 6.92 Å². The van der Waals surface area contributed by atoms with Crippen LogP contribution in [-0.2, 0) is 0 Å². The molecule has 0 saturated carbocycles. The van der Waals surface area contributed by atoms with E-state index in [-0.39, 0.29) is 11.4 Å². The highest BCUT2D eigenvalue weighted by Gasteiger charge is 2.08. The van der Waals surface area contributed by atoms with E-state index in [4.69, 9.17) is 10.5 Å². The van der Waals surface area contributed by atoms with Gasteiger partial charge in [0.15, 0.2) is 11.6 Å². The molecule has 4 heteroatoms. The van der Waals surface area contributed by atoms with Gasteiger partial charge in [0, 0.05) is 12.1 Å². The van der Waals surface area contributed by atoms with Crippen LogP contribution in [0.25, 0.3) is 0 Å². The molecule has 18 heavy (non-hydrogen) atoms. The minimum absolute atomic E-state index is 0.0599. The second-order valence-corrected chi connectivity index (χ2v) is 4.42. The lowest BCUT2D eigenvalue weighted by atomic mass is 10.1. The number of nitrogen functional groups attached to an aromatic ring is 1. The van der Waals surface area contributed by atoms with Crippen LogP contribution in [0.2, 0.25) is 0 Å². The lowest BCUT2D eigenvalue weighted by Gasteiger charge is -2.08. The van der Waals surface area contributed by atoms with Crippen molar-refractivity contribution in [2.24, 2.45) is 0 Å². The first kappa shape index (κ1) is 14.7. The fourth-order valence-electron chi connectivity index (χ4n) is 1.72. The van der Waals surface area contributed by atoms with Crippen LogP contribution >= 0.6 is 0 Å². The summed E-state index contributed by atoms with van der Waals surface area (Å²) in [5.74, 6) is -1.32. The Kier molecular flexibility index (Phi) is 6.47. The first-order valence-electron chi connectivity index (χ1n) is 6.52. The highest BCUT2D eigenvalue weighted by Crippen LogP contribution is 2.23. The maximum absolute atomic E-state index is 13.3. The fourth-order valence-corrected chi connectivity index (χ4v) is 1.72. The number of unbranched alkanes of at least 4 members (excludes halogenated alkanes) is 5. The van der Waals surface area contributed by atoms with E-state index in [0.29, 0.717) is 6.61 Å². The number of rotatable bonds is 8. The molecule has 0 aliphatic heterocycles. The Morgan fingerprint density at radius 1 is 1.00 bits per heavy atom. The second-order valence-electron chi connectivity index (χ2n) is 4.42. The molecule has 0 aliphatic carbocycles. The van der Waals surface area contributed by atoms with E-state index in [9.17, 15) is 8.78 Å². The average Bonchev–Trinajstić information content (AvgIpc) is 2.34. The third-order valence-electron chi connectivity index (χ3n) is 2.81. The Labute approximate surface area is 107 Å². The molecule has 2 N–H and O–H groups in total. The normalized spacial score (nSPS) is 10.6. The minimum atomic E-state index is -0.644. The summed E-state index contributed by atoms with van der Waals surface area (Å²) in [5, 5.41) is 0. The first-order chi connectivity index (χ1) is 8.65. The smallest absolute Gasteiger partial charge is 0.167 e. The van der Waals surface area contributed by atoms with Crippen molar-refractivity contribution in [3.63, 3.8) is 0 Å². The summed E-state index contributed by atoms with van der Waals surface area (Å²) in [6.07, 6.45) is 6.76. The van der Waals surface area contributed by atoms with Crippen LogP contribution in [0, 0.1) is 11.6 Å². The van der Waals surface area contributed by atoms with E-state index >= 15 is 0 Å². The Balaban J connectivity index is 2.25. The maximum atomic E-state index is 13.3. The monoisotopic (exact) mass is 257 g/mol. The van der Waals surface area contributed by atoms with Crippen LogP contribution in [0.3, 0.4) is 0 Å².